The van der Waals surface area contributed by atoms with Gasteiger partial charge in [-0.15, -0.1) is 11.3 Å². The van der Waals surface area contributed by atoms with Gasteiger partial charge in [0.2, 0.25) is 5.91 Å². The van der Waals surface area contributed by atoms with Crippen LogP contribution in [0.2, 0.25) is 0 Å². The lowest BCUT2D eigenvalue weighted by atomic mass is 9.95. The van der Waals surface area contributed by atoms with Crippen LogP contribution in [0.4, 0.5) is 0 Å². The smallest absolute Gasteiger partial charge is 0.225 e. The molecule has 0 aliphatic carbocycles. The predicted octanol–water partition coefficient (Wildman–Crippen LogP) is 1.49. The Labute approximate surface area is 159 Å². The first-order chi connectivity index (χ1) is 12.7. The van der Waals surface area contributed by atoms with Crippen LogP contribution in [0, 0.1) is 12.8 Å². The minimum Gasteiger partial charge on any atom is -0.378 e. The van der Waals surface area contributed by atoms with Gasteiger partial charge in [0, 0.05) is 49.7 Å². The van der Waals surface area contributed by atoms with Gasteiger partial charge in [-0.25, -0.2) is 9.98 Å². The summed E-state index contributed by atoms with van der Waals surface area (Å²) in [7, 11) is 0. The lowest BCUT2D eigenvalue weighted by molar-refractivity contribution is -0.140. The molecule has 2 fully saturated rings. The van der Waals surface area contributed by atoms with E-state index in [0.717, 1.165) is 56.5 Å². The third-order valence-corrected chi connectivity index (χ3v) is 5.73. The molecule has 2 saturated heterocycles. The van der Waals surface area contributed by atoms with Crippen molar-refractivity contribution in [2.24, 2.45) is 10.9 Å². The maximum Gasteiger partial charge on any atom is 0.225 e. The lowest BCUT2D eigenvalue weighted by Gasteiger charge is -2.36. The van der Waals surface area contributed by atoms with Gasteiger partial charge in [0.25, 0.3) is 0 Å². The quantitative estimate of drug-likeness (QED) is 0.634. The number of hydrogen-bond donors (Lipinski definition) is 1. The second-order valence-electron chi connectivity index (χ2n) is 6.73. The monoisotopic (exact) mass is 379 g/mol. The number of carbonyl (C=O) groups excluding carboxylic acids is 1. The maximum atomic E-state index is 12.7. The first kappa shape index (κ1) is 19.1. The van der Waals surface area contributed by atoms with Gasteiger partial charge < -0.3 is 19.9 Å². The predicted molar refractivity (Wildman–Crippen MR) is 103 cm³/mol. The first-order valence-electron chi connectivity index (χ1n) is 9.48. The SMILES string of the molecule is CCNC(=NCc1ncc(C)s1)N1CCC(C(=O)N2CCOCC2)CC1. The van der Waals surface area contributed by atoms with E-state index in [-0.39, 0.29) is 5.92 Å². The minimum absolute atomic E-state index is 0.133. The number of carbonyl (C=O) groups is 1. The van der Waals surface area contributed by atoms with Crippen molar-refractivity contribution in [2.75, 3.05) is 45.9 Å². The second-order valence-corrected chi connectivity index (χ2v) is 8.05. The molecule has 2 aliphatic heterocycles. The Bertz CT molecular complexity index is 619. The molecule has 1 amide bonds. The van der Waals surface area contributed by atoms with E-state index in [1.807, 2.05) is 11.1 Å². The molecule has 3 heterocycles. The summed E-state index contributed by atoms with van der Waals surface area (Å²) in [6.07, 6.45) is 3.67. The number of ether oxygens (including phenoxy) is 1. The van der Waals surface area contributed by atoms with E-state index < -0.39 is 0 Å². The van der Waals surface area contributed by atoms with Crippen molar-refractivity contribution in [1.29, 1.82) is 0 Å². The molecule has 1 aromatic rings. The Hall–Kier alpha value is -1.67. The number of rotatable bonds is 4. The molecular weight excluding hydrogens is 350 g/mol. The molecule has 0 atom stereocenters. The van der Waals surface area contributed by atoms with Gasteiger partial charge in [0.1, 0.15) is 5.01 Å². The molecule has 0 aromatic carbocycles. The highest BCUT2D eigenvalue weighted by Crippen LogP contribution is 2.21. The highest BCUT2D eigenvalue weighted by molar-refractivity contribution is 7.11. The van der Waals surface area contributed by atoms with Crippen molar-refractivity contribution >= 4 is 23.2 Å². The number of aryl methyl sites for hydroxylation is 1. The average Bonchev–Trinajstić information content (AvgIpc) is 3.10. The Kier molecular flexibility index (Phi) is 6.85. The van der Waals surface area contributed by atoms with Crippen molar-refractivity contribution in [3.05, 3.63) is 16.1 Å². The summed E-state index contributed by atoms with van der Waals surface area (Å²) < 4.78 is 5.35. The van der Waals surface area contributed by atoms with Crippen molar-refractivity contribution < 1.29 is 9.53 Å². The Morgan fingerprint density at radius 1 is 1.31 bits per heavy atom. The zero-order valence-corrected chi connectivity index (χ0v) is 16.6. The van der Waals surface area contributed by atoms with Crippen LogP contribution < -0.4 is 5.32 Å². The molecule has 0 unspecified atom stereocenters. The molecule has 3 rings (SSSR count). The molecule has 0 radical (unpaired) electrons. The summed E-state index contributed by atoms with van der Waals surface area (Å²) in [5.74, 6) is 1.36. The summed E-state index contributed by atoms with van der Waals surface area (Å²) in [6, 6.07) is 0. The molecule has 1 N–H and O–H groups in total. The van der Waals surface area contributed by atoms with Gasteiger partial charge in [-0.1, -0.05) is 0 Å². The summed E-state index contributed by atoms with van der Waals surface area (Å²) >= 11 is 1.69. The maximum absolute atomic E-state index is 12.7. The van der Waals surface area contributed by atoms with Gasteiger partial charge >= 0.3 is 0 Å². The van der Waals surface area contributed by atoms with Gasteiger partial charge in [0.15, 0.2) is 5.96 Å². The van der Waals surface area contributed by atoms with Crippen LogP contribution in [0.15, 0.2) is 11.2 Å². The van der Waals surface area contributed by atoms with E-state index >= 15 is 0 Å². The number of hydrogen-bond acceptors (Lipinski definition) is 5. The van der Waals surface area contributed by atoms with Gasteiger partial charge in [-0.2, -0.15) is 0 Å². The average molecular weight is 380 g/mol. The Morgan fingerprint density at radius 3 is 2.65 bits per heavy atom. The second kappa shape index (κ2) is 9.32. The van der Waals surface area contributed by atoms with Crippen molar-refractivity contribution in [3.8, 4) is 0 Å². The normalized spacial score (nSPS) is 19.7. The van der Waals surface area contributed by atoms with E-state index in [1.165, 1.54) is 4.88 Å². The zero-order chi connectivity index (χ0) is 18.4. The van der Waals surface area contributed by atoms with Crippen LogP contribution in [-0.2, 0) is 16.1 Å². The van der Waals surface area contributed by atoms with Crippen LogP contribution in [0.25, 0.3) is 0 Å². The number of aromatic nitrogens is 1. The van der Waals surface area contributed by atoms with Crippen molar-refractivity contribution in [1.82, 2.24) is 20.1 Å². The zero-order valence-electron chi connectivity index (χ0n) is 15.7. The van der Waals surface area contributed by atoms with E-state index in [9.17, 15) is 4.79 Å². The fourth-order valence-corrected chi connectivity index (χ4v) is 4.13. The summed E-state index contributed by atoms with van der Waals surface area (Å²) in [5.41, 5.74) is 0. The molecule has 2 aliphatic rings. The van der Waals surface area contributed by atoms with Crippen LogP contribution in [0.1, 0.15) is 29.7 Å². The fraction of sp³-hybridized carbons (Fsp3) is 0.722. The highest BCUT2D eigenvalue weighted by atomic mass is 32.1. The Balaban J connectivity index is 1.54. The van der Waals surface area contributed by atoms with Crippen molar-refractivity contribution in [2.45, 2.75) is 33.2 Å². The molecule has 144 valence electrons. The molecule has 0 bridgehead atoms. The van der Waals surface area contributed by atoms with E-state index in [1.54, 1.807) is 11.3 Å². The number of morpholine rings is 1. The number of likely N-dealkylation sites (tertiary alicyclic amines) is 1. The molecule has 1 aromatic heterocycles. The first-order valence-corrected chi connectivity index (χ1v) is 10.3. The number of aliphatic imine (C=N–C) groups is 1. The molecule has 7 nitrogen and oxygen atoms in total. The van der Waals surface area contributed by atoms with Gasteiger partial charge in [-0.3, -0.25) is 4.79 Å². The third-order valence-electron chi connectivity index (χ3n) is 4.83. The minimum atomic E-state index is 0.133. The summed E-state index contributed by atoms with van der Waals surface area (Å²) in [4.78, 5) is 27.2. The van der Waals surface area contributed by atoms with E-state index in [0.29, 0.717) is 25.7 Å². The highest BCUT2D eigenvalue weighted by Gasteiger charge is 2.30. The van der Waals surface area contributed by atoms with Crippen LogP contribution in [0.3, 0.4) is 0 Å². The van der Waals surface area contributed by atoms with Crippen LogP contribution >= 0.6 is 11.3 Å². The fourth-order valence-electron chi connectivity index (χ4n) is 3.42. The number of nitrogens with zero attached hydrogens (tertiary/aromatic N) is 4. The number of amides is 1. The van der Waals surface area contributed by atoms with Crippen LogP contribution in [-0.4, -0.2) is 72.6 Å². The lowest BCUT2D eigenvalue weighted by Crippen LogP contribution is -2.50. The van der Waals surface area contributed by atoms with Gasteiger partial charge in [0.05, 0.1) is 19.8 Å². The number of piperidine rings is 1. The van der Waals surface area contributed by atoms with E-state index in [4.69, 9.17) is 9.73 Å². The van der Waals surface area contributed by atoms with Crippen LogP contribution in [0.5, 0.6) is 0 Å². The largest absolute Gasteiger partial charge is 0.378 e. The number of nitrogens with one attached hydrogen (secondary N) is 1. The third kappa shape index (κ3) is 4.94. The van der Waals surface area contributed by atoms with Gasteiger partial charge in [-0.05, 0) is 26.7 Å². The summed E-state index contributed by atoms with van der Waals surface area (Å²) in [6.45, 7) is 10.1. The topological polar surface area (TPSA) is 70.1 Å². The standard InChI is InChI=1S/C18H29N5O2S/c1-3-19-18(21-13-16-20-12-14(2)26-16)23-6-4-15(5-7-23)17(24)22-8-10-25-11-9-22/h12,15H,3-11,13H2,1-2H3,(H,19,21). The molecule has 0 spiro atoms. The molecule has 26 heavy (non-hydrogen) atoms. The van der Waals surface area contributed by atoms with Crippen molar-refractivity contribution in [3.63, 3.8) is 0 Å². The molecule has 0 saturated carbocycles. The van der Waals surface area contributed by atoms with E-state index in [2.05, 4.69) is 29.0 Å². The summed E-state index contributed by atoms with van der Waals surface area (Å²) in [5, 5.41) is 4.42. The molecule has 8 heteroatoms. The number of guanidine groups is 1. The molecular formula is C18H29N5O2S. The Morgan fingerprint density at radius 2 is 2.04 bits per heavy atom. The number of thiazole rings is 1.